The molecule has 0 aromatic heterocycles. The van der Waals surface area contributed by atoms with Gasteiger partial charge >= 0.3 is 6.16 Å². The van der Waals surface area contributed by atoms with Gasteiger partial charge in [-0.15, -0.1) is 0 Å². The standard InChI is InChI=1S/C15H19FO4/c1-9(2)10-7-6-8-11(17)13(12(10)16)19-14(18)20-15(3,4)5/h6-9H,1-5H3. The van der Waals surface area contributed by atoms with Crippen molar-refractivity contribution in [2.24, 2.45) is 0 Å². The third-order valence-corrected chi connectivity index (χ3v) is 2.40. The number of rotatable bonds is 2. The Balaban J connectivity index is 3.19. The average molecular weight is 282 g/mol. The van der Waals surface area contributed by atoms with Crippen molar-refractivity contribution in [3.8, 4) is 5.75 Å². The summed E-state index contributed by atoms with van der Waals surface area (Å²) in [6.07, 6.45) is -1.10. The molecule has 0 amide bonds. The van der Waals surface area contributed by atoms with E-state index in [0.29, 0.717) is 5.56 Å². The molecule has 0 aliphatic carbocycles. The summed E-state index contributed by atoms with van der Waals surface area (Å²) in [6.45, 7) is 8.49. The number of hydrogen-bond acceptors (Lipinski definition) is 4. The molecule has 20 heavy (non-hydrogen) atoms. The Morgan fingerprint density at radius 2 is 1.85 bits per heavy atom. The summed E-state index contributed by atoms with van der Waals surface area (Å²) in [4.78, 5) is 23.3. The summed E-state index contributed by atoms with van der Waals surface area (Å²) in [6, 6.07) is 4.07. The largest absolute Gasteiger partial charge is 0.514 e. The lowest BCUT2D eigenvalue weighted by Gasteiger charge is -2.18. The molecule has 0 unspecified atom stereocenters. The van der Waals surface area contributed by atoms with Crippen LogP contribution < -0.4 is 10.2 Å². The molecule has 0 fully saturated rings. The van der Waals surface area contributed by atoms with Crippen LogP contribution in [0.5, 0.6) is 5.75 Å². The van der Waals surface area contributed by atoms with Crippen LogP contribution in [0.1, 0.15) is 46.1 Å². The second kappa shape index (κ2) is 6.03. The van der Waals surface area contributed by atoms with Gasteiger partial charge in [0.05, 0.1) is 0 Å². The fourth-order valence-corrected chi connectivity index (χ4v) is 1.52. The number of hydrogen-bond donors (Lipinski definition) is 0. The number of carbonyl (C=O) groups excluding carboxylic acids is 1. The fourth-order valence-electron chi connectivity index (χ4n) is 1.52. The Kier molecular flexibility index (Phi) is 4.87. The van der Waals surface area contributed by atoms with Crippen molar-refractivity contribution in [3.63, 3.8) is 0 Å². The molecule has 0 N–H and O–H groups in total. The minimum Gasteiger partial charge on any atom is -0.428 e. The van der Waals surface area contributed by atoms with E-state index in [1.807, 2.05) is 0 Å². The Morgan fingerprint density at radius 3 is 2.35 bits per heavy atom. The zero-order valence-electron chi connectivity index (χ0n) is 12.3. The first-order chi connectivity index (χ1) is 9.11. The molecule has 0 aliphatic heterocycles. The quantitative estimate of drug-likeness (QED) is 0.777. The van der Waals surface area contributed by atoms with Crippen molar-refractivity contribution in [3.05, 3.63) is 39.8 Å². The van der Waals surface area contributed by atoms with E-state index in [2.05, 4.69) is 0 Å². The molecule has 0 atom stereocenters. The topological polar surface area (TPSA) is 52.6 Å². The minimum atomic E-state index is -1.10. The van der Waals surface area contributed by atoms with E-state index in [1.54, 1.807) is 34.6 Å². The summed E-state index contributed by atoms with van der Waals surface area (Å²) in [7, 11) is 0. The lowest BCUT2D eigenvalue weighted by atomic mass is 10.1. The highest BCUT2D eigenvalue weighted by molar-refractivity contribution is 5.64. The Morgan fingerprint density at radius 1 is 1.25 bits per heavy atom. The van der Waals surface area contributed by atoms with E-state index in [0.717, 1.165) is 6.07 Å². The molecule has 5 heteroatoms. The van der Waals surface area contributed by atoms with Crippen LogP contribution in [0.2, 0.25) is 0 Å². The Bertz CT molecular complexity index is 559. The molecule has 4 nitrogen and oxygen atoms in total. The maximum atomic E-state index is 14.3. The third-order valence-electron chi connectivity index (χ3n) is 2.40. The summed E-state index contributed by atoms with van der Waals surface area (Å²) < 4.78 is 24.0. The predicted octanol–water partition coefficient (Wildman–Crippen LogP) is 3.62. The maximum Gasteiger partial charge on any atom is 0.514 e. The highest BCUT2D eigenvalue weighted by atomic mass is 19.1. The molecule has 0 saturated carbocycles. The number of halogens is 1. The average Bonchev–Trinajstić information content (AvgIpc) is 2.39. The van der Waals surface area contributed by atoms with Crippen LogP contribution in [0.4, 0.5) is 9.18 Å². The third kappa shape index (κ3) is 4.33. The normalized spacial score (nSPS) is 11.3. The predicted molar refractivity (Wildman–Crippen MR) is 73.6 cm³/mol. The molecule has 0 heterocycles. The lowest BCUT2D eigenvalue weighted by Crippen LogP contribution is -2.27. The van der Waals surface area contributed by atoms with Crippen molar-refractivity contribution >= 4 is 6.16 Å². The van der Waals surface area contributed by atoms with Gasteiger partial charge in [-0.3, -0.25) is 4.79 Å². The van der Waals surface area contributed by atoms with Gasteiger partial charge in [0.2, 0.25) is 11.2 Å². The first-order valence-electron chi connectivity index (χ1n) is 6.35. The molecule has 1 aromatic rings. The Labute approximate surface area is 117 Å². The van der Waals surface area contributed by atoms with Gasteiger partial charge in [-0.05, 0) is 38.3 Å². The molecule has 0 saturated heterocycles. The van der Waals surface area contributed by atoms with E-state index in [9.17, 15) is 14.0 Å². The van der Waals surface area contributed by atoms with Crippen LogP contribution in [0.25, 0.3) is 0 Å². The smallest absolute Gasteiger partial charge is 0.428 e. The maximum absolute atomic E-state index is 14.3. The van der Waals surface area contributed by atoms with E-state index in [1.165, 1.54) is 12.1 Å². The fraction of sp³-hybridized carbons (Fsp3) is 0.467. The monoisotopic (exact) mass is 282 g/mol. The molecule has 1 aromatic carbocycles. The van der Waals surface area contributed by atoms with Gasteiger partial charge in [-0.1, -0.05) is 26.0 Å². The lowest BCUT2D eigenvalue weighted by molar-refractivity contribution is 0.0196. The first-order valence-corrected chi connectivity index (χ1v) is 6.35. The van der Waals surface area contributed by atoms with Crippen molar-refractivity contribution in [1.29, 1.82) is 0 Å². The van der Waals surface area contributed by atoms with Crippen molar-refractivity contribution in [2.45, 2.75) is 46.1 Å². The molecule has 0 aliphatic rings. The van der Waals surface area contributed by atoms with Gasteiger partial charge in [0.25, 0.3) is 0 Å². The van der Waals surface area contributed by atoms with Crippen LogP contribution >= 0.6 is 0 Å². The molecular formula is C15H19FO4. The second-order valence-electron chi connectivity index (χ2n) is 5.71. The highest BCUT2D eigenvalue weighted by Crippen LogP contribution is 2.23. The van der Waals surface area contributed by atoms with Gasteiger partial charge in [0.15, 0.2) is 5.82 Å². The molecular weight excluding hydrogens is 263 g/mol. The van der Waals surface area contributed by atoms with Gasteiger partial charge in [-0.25, -0.2) is 9.18 Å². The molecule has 0 bridgehead atoms. The van der Waals surface area contributed by atoms with Crippen LogP contribution in [0.15, 0.2) is 23.0 Å². The van der Waals surface area contributed by atoms with Gasteiger partial charge in [0.1, 0.15) is 5.60 Å². The van der Waals surface area contributed by atoms with Gasteiger partial charge < -0.3 is 9.47 Å². The van der Waals surface area contributed by atoms with Crippen LogP contribution in [-0.4, -0.2) is 11.8 Å². The molecule has 0 radical (unpaired) electrons. The number of ether oxygens (including phenoxy) is 2. The SMILES string of the molecule is CC(C)c1cccc(=O)c(OC(=O)OC(C)(C)C)c1F. The van der Waals surface area contributed by atoms with Gasteiger partial charge in [-0.2, -0.15) is 0 Å². The van der Waals surface area contributed by atoms with Crippen molar-refractivity contribution < 1.29 is 18.7 Å². The van der Waals surface area contributed by atoms with E-state index >= 15 is 0 Å². The number of carbonyl (C=O) groups is 1. The first kappa shape index (κ1) is 16.1. The van der Waals surface area contributed by atoms with Crippen LogP contribution in [0.3, 0.4) is 0 Å². The summed E-state index contributed by atoms with van der Waals surface area (Å²) in [5, 5.41) is 0. The second-order valence-corrected chi connectivity index (χ2v) is 5.71. The highest BCUT2D eigenvalue weighted by Gasteiger charge is 2.22. The Hall–Kier alpha value is -1.91. The van der Waals surface area contributed by atoms with E-state index in [-0.39, 0.29) is 5.92 Å². The summed E-state index contributed by atoms with van der Waals surface area (Å²) >= 11 is 0. The van der Waals surface area contributed by atoms with Crippen molar-refractivity contribution in [1.82, 2.24) is 0 Å². The van der Waals surface area contributed by atoms with Gasteiger partial charge in [0, 0.05) is 0 Å². The molecule has 0 spiro atoms. The van der Waals surface area contributed by atoms with Crippen LogP contribution in [0, 0.1) is 5.82 Å². The van der Waals surface area contributed by atoms with Crippen LogP contribution in [-0.2, 0) is 4.74 Å². The zero-order chi connectivity index (χ0) is 15.5. The molecule has 1 rings (SSSR count). The summed E-state index contributed by atoms with van der Waals surface area (Å²) in [5.74, 6) is -1.61. The molecule has 110 valence electrons. The summed E-state index contributed by atoms with van der Waals surface area (Å²) in [5.41, 5.74) is -1.19. The van der Waals surface area contributed by atoms with Crippen molar-refractivity contribution in [2.75, 3.05) is 0 Å². The zero-order valence-corrected chi connectivity index (χ0v) is 12.3. The minimum absolute atomic E-state index is 0.150. The van der Waals surface area contributed by atoms with E-state index in [4.69, 9.17) is 9.47 Å². The van der Waals surface area contributed by atoms with E-state index < -0.39 is 28.8 Å².